The van der Waals surface area contributed by atoms with Crippen molar-refractivity contribution in [1.29, 1.82) is 0 Å². The van der Waals surface area contributed by atoms with Gasteiger partial charge in [-0.1, -0.05) is 19.9 Å². The van der Waals surface area contributed by atoms with Crippen molar-refractivity contribution in [1.82, 2.24) is 0 Å². The van der Waals surface area contributed by atoms with Crippen LogP contribution in [0.15, 0.2) is 18.2 Å². The van der Waals surface area contributed by atoms with Crippen molar-refractivity contribution in [3.63, 3.8) is 0 Å². The number of halogens is 1. The lowest BCUT2D eigenvalue weighted by atomic mass is 9.54. The Balaban J connectivity index is 0.00000338. The van der Waals surface area contributed by atoms with Crippen molar-refractivity contribution < 1.29 is 17.9 Å². The molecule has 1 saturated carbocycles. The van der Waals surface area contributed by atoms with Crippen LogP contribution < -0.4 is 15.8 Å². The Morgan fingerprint density at radius 3 is 2.50 bits per heavy atom. The van der Waals surface area contributed by atoms with E-state index >= 15 is 0 Å². The summed E-state index contributed by atoms with van der Waals surface area (Å²) in [7, 11) is -3.40. The summed E-state index contributed by atoms with van der Waals surface area (Å²) in [6, 6.07) is 5.04. The second-order valence-electron chi connectivity index (χ2n) is 7.20. The van der Waals surface area contributed by atoms with Gasteiger partial charge in [-0.2, -0.15) is 0 Å². The van der Waals surface area contributed by atoms with Crippen LogP contribution >= 0.6 is 12.4 Å². The van der Waals surface area contributed by atoms with Gasteiger partial charge in [0, 0.05) is 24.1 Å². The van der Waals surface area contributed by atoms with Crippen LogP contribution in [-0.4, -0.2) is 38.8 Å². The molecule has 1 amide bonds. The molecule has 1 aliphatic carbocycles. The number of carbonyl (C=O) groups excluding carboxylic acids is 1. The summed E-state index contributed by atoms with van der Waals surface area (Å²) >= 11 is 0. The number of benzene rings is 1. The first-order chi connectivity index (χ1) is 11.4. The molecule has 0 aromatic heterocycles. The van der Waals surface area contributed by atoms with Gasteiger partial charge >= 0.3 is 0 Å². The zero-order valence-electron chi connectivity index (χ0n) is 15.8. The maximum absolute atomic E-state index is 12.7. The van der Waals surface area contributed by atoms with Gasteiger partial charge in [0.1, 0.15) is 5.54 Å². The molecule has 0 spiro atoms. The van der Waals surface area contributed by atoms with Crippen LogP contribution in [0.2, 0.25) is 0 Å². The third-order valence-corrected chi connectivity index (χ3v) is 5.62. The summed E-state index contributed by atoms with van der Waals surface area (Å²) in [6.45, 7) is 8.11. The molecule has 0 bridgehead atoms. The van der Waals surface area contributed by atoms with Crippen LogP contribution in [-0.2, 0) is 19.6 Å². The standard InChI is InChI=1S/C17H27N3O4S.ClH/c1-6-24-14-10-17(18,16(14,3)4)15(21)19-12-8-7-11(2)13(9-12)20-25(5,22)23;/h7-9,14,20H,6,10,18H2,1-5H3,(H,19,21);1H. The molecule has 0 heterocycles. The number of carbonyl (C=O) groups is 1. The predicted octanol–water partition coefficient (Wildman–Crippen LogP) is 2.26. The van der Waals surface area contributed by atoms with E-state index in [-0.39, 0.29) is 24.4 Å². The minimum absolute atomic E-state index is 0. The average Bonchev–Trinajstić information content (AvgIpc) is 2.48. The van der Waals surface area contributed by atoms with Crippen molar-refractivity contribution in [3.8, 4) is 0 Å². The zero-order chi connectivity index (χ0) is 19.0. The van der Waals surface area contributed by atoms with Crippen molar-refractivity contribution in [2.45, 2.75) is 45.8 Å². The van der Waals surface area contributed by atoms with E-state index in [9.17, 15) is 13.2 Å². The molecule has 0 aliphatic heterocycles. The highest BCUT2D eigenvalue weighted by Crippen LogP contribution is 2.50. The molecule has 7 nitrogen and oxygen atoms in total. The van der Waals surface area contributed by atoms with Gasteiger partial charge < -0.3 is 15.8 Å². The second-order valence-corrected chi connectivity index (χ2v) is 8.95. The monoisotopic (exact) mass is 405 g/mol. The molecule has 2 atom stereocenters. The number of hydrogen-bond donors (Lipinski definition) is 3. The normalized spacial score (nSPS) is 24.2. The Morgan fingerprint density at radius 2 is 2.00 bits per heavy atom. The van der Waals surface area contributed by atoms with E-state index in [4.69, 9.17) is 10.5 Å². The van der Waals surface area contributed by atoms with Crippen LogP contribution in [0.4, 0.5) is 11.4 Å². The third kappa shape index (κ3) is 4.31. The highest BCUT2D eigenvalue weighted by atomic mass is 35.5. The lowest BCUT2D eigenvalue weighted by Crippen LogP contribution is -2.74. The summed E-state index contributed by atoms with van der Waals surface area (Å²) in [6.07, 6.45) is 1.46. The molecule has 0 saturated heterocycles. The summed E-state index contributed by atoms with van der Waals surface area (Å²) < 4.78 is 31.0. The molecule has 4 N–H and O–H groups in total. The first-order valence-electron chi connectivity index (χ1n) is 8.21. The number of sulfonamides is 1. The van der Waals surface area contributed by atoms with Gasteiger partial charge in [-0.05, 0) is 31.5 Å². The van der Waals surface area contributed by atoms with Crippen LogP contribution in [0, 0.1) is 12.3 Å². The van der Waals surface area contributed by atoms with Crippen LogP contribution in [0.1, 0.15) is 32.8 Å². The third-order valence-electron chi connectivity index (χ3n) is 5.03. The molecule has 2 unspecified atom stereocenters. The Bertz CT molecular complexity index is 782. The zero-order valence-corrected chi connectivity index (χ0v) is 17.4. The van der Waals surface area contributed by atoms with E-state index < -0.39 is 21.0 Å². The lowest BCUT2D eigenvalue weighted by molar-refractivity contribution is -0.166. The average molecular weight is 406 g/mol. The van der Waals surface area contributed by atoms with Gasteiger partial charge in [-0.15, -0.1) is 12.4 Å². The van der Waals surface area contributed by atoms with E-state index in [0.717, 1.165) is 11.8 Å². The number of hydrogen-bond acceptors (Lipinski definition) is 5. The molecule has 1 aromatic rings. The fourth-order valence-electron chi connectivity index (χ4n) is 3.07. The fourth-order valence-corrected chi connectivity index (χ4v) is 3.69. The number of anilines is 2. The molecular formula is C17H28ClN3O4S. The largest absolute Gasteiger partial charge is 0.378 e. The van der Waals surface area contributed by atoms with Gasteiger partial charge in [0.25, 0.3) is 0 Å². The minimum Gasteiger partial charge on any atom is -0.378 e. The second kappa shape index (κ2) is 7.72. The first kappa shape index (κ1) is 22.7. The highest BCUT2D eigenvalue weighted by molar-refractivity contribution is 7.92. The van der Waals surface area contributed by atoms with Crippen LogP contribution in [0.3, 0.4) is 0 Å². The van der Waals surface area contributed by atoms with E-state index in [2.05, 4.69) is 10.0 Å². The number of nitrogens with two attached hydrogens (primary N) is 1. The van der Waals surface area contributed by atoms with Crippen LogP contribution in [0.5, 0.6) is 0 Å². The van der Waals surface area contributed by atoms with Crippen molar-refractivity contribution in [3.05, 3.63) is 23.8 Å². The Hall–Kier alpha value is -1.35. The van der Waals surface area contributed by atoms with Gasteiger partial charge in [-0.25, -0.2) is 8.42 Å². The number of rotatable bonds is 6. The topological polar surface area (TPSA) is 111 Å². The Labute approximate surface area is 161 Å². The molecule has 1 aromatic carbocycles. The van der Waals surface area contributed by atoms with Crippen molar-refractivity contribution in [2.75, 3.05) is 22.9 Å². The number of aryl methyl sites for hydroxylation is 1. The molecular weight excluding hydrogens is 378 g/mol. The Morgan fingerprint density at radius 1 is 1.38 bits per heavy atom. The minimum atomic E-state index is -3.40. The van der Waals surface area contributed by atoms with Gasteiger partial charge in [0.2, 0.25) is 15.9 Å². The highest BCUT2D eigenvalue weighted by Gasteiger charge is 2.62. The summed E-state index contributed by atoms with van der Waals surface area (Å²) in [4.78, 5) is 12.7. The molecule has 1 aliphatic rings. The smallest absolute Gasteiger partial charge is 0.245 e. The first-order valence-corrected chi connectivity index (χ1v) is 10.1. The Kier molecular flexibility index (Phi) is 6.74. The van der Waals surface area contributed by atoms with E-state index in [0.29, 0.717) is 24.4 Å². The van der Waals surface area contributed by atoms with Crippen molar-refractivity contribution >= 4 is 39.7 Å². The SMILES string of the molecule is CCOC1CC(N)(C(=O)Nc2ccc(C)c(NS(C)(=O)=O)c2)C1(C)C.Cl. The van der Waals surface area contributed by atoms with E-state index in [1.54, 1.807) is 25.1 Å². The lowest BCUT2D eigenvalue weighted by Gasteiger charge is -2.57. The van der Waals surface area contributed by atoms with Gasteiger partial charge in [0.15, 0.2) is 0 Å². The van der Waals surface area contributed by atoms with Gasteiger partial charge in [0.05, 0.1) is 18.0 Å². The molecule has 0 radical (unpaired) electrons. The number of ether oxygens (including phenoxy) is 1. The number of nitrogens with one attached hydrogen (secondary N) is 2. The maximum atomic E-state index is 12.7. The quantitative estimate of drug-likeness (QED) is 0.672. The van der Waals surface area contributed by atoms with E-state index in [1.807, 2.05) is 20.8 Å². The maximum Gasteiger partial charge on any atom is 0.245 e. The predicted molar refractivity (Wildman–Crippen MR) is 106 cm³/mol. The van der Waals surface area contributed by atoms with Crippen molar-refractivity contribution in [2.24, 2.45) is 11.1 Å². The van der Waals surface area contributed by atoms with Crippen LogP contribution in [0.25, 0.3) is 0 Å². The van der Waals surface area contributed by atoms with E-state index in [1.165, 1.54) is 0 Å². The van der Waals surface area contributed by atoms with Gasteiger partial charge in [-0.3, -0.25) is 9.52 Å². The number of amides is 1. The molecule has 26 heavy (non-hydrogen) atoms. The summed E-state index contributed by atoms with van der Waals surface area (Å²) in [5.74, 6) is -0.303. The molecule has 2 rings (SSSR count). The molecule has 148 valence electrons. The summed E-state index contributed by atoms with van der Waals surface area (Å²) in [5, 5.41) is 2.80. The molecule has 9 heteroatoms. The fraction of sp³-hybridized carbons (Fsp3) is 0.588. The molecule has 1 fully saturated rings. The summed E-state index contributed by atoms with van der Waals surface area (Å²) in [5.41, 5.74) is 6.49.